The Kier molecular flexibility index (Phi) is 7.00. The van der Waals surface area contributed by atoms with Gasteiger partial charge in [0.1, 0.15) is 0 Å². The molecule has 1 atom stereocenters. The van der Waals surface area contributed by atoms with E-state index in [0.717, 1.165) is 18.4 Å². The minimum Gasteiger partial charge on any atom is -0.359 e. The van der Waals surface area contributed by atoms with Crippen LogP contribution >= 0.6 is 0 Å². The minimum atomic E-state index is -3.77. The van der Waals surface area contributed by atoms with Crippen molar-refractivity contribution in [2.24, 2.45) is 5.92 Å². The lowest BCUT2D eigenvalue weighted by molar-refractivity contribution is -0.125. The van der Waals surface area contributed by atoms with E-state index in [-0.39, 0.29) is 22.6 Å². The standard InChI is InChI=1S/C23H29N3O4S/c1-16(2)17-9-11-21(12-10-17)31(29,30)25-20-8-4-6-18(14-20)23(28)26-13-5-7-19(15-26)22(27)24-3/h4,6,8-12,14,16,19,25H,5,7,13,15H2,1-3H3,(H,24,27). The van der Waals surface area contributed by atoms with Crippen molar-refractivity contribution < 1.29 is 18.0 Å². The molecular weight excluding hydrogens is 414 g/mol. The maximum Gasteiger partial charge on any atom is 0.261 e. The zero-order chi connectivity index (χ0) is 22.6. The van der Waals surface area contributed by atoms with Crippen molar-refractivity contribution in [2.75, 3.05) is 24.9 Å². The fourth-order valence-corrected chi connectivity index (χ4v) is 4.77. The molecule has 0 bridgehead atoms. The maximum atomic E-state index is 13.0. The lowest BCUT2D eigenvalue weighted by Crippen LogP contribution is -2.44. The number of likely N-dealkylation sites (tertiary alicyclic amines) is 1. The molecule has 1 unspecified atom stereocenters. The van der Waals surface area contributed by atoms with E-state index in [1.807, 2.05) is 13.8 Å². The predicted molar refractivity (Wildman–Crippen MR) is 120 cm³/mol. The first kappa shape index (κ1) is 22.8. The minimum absolute atomic E-state index is 0.0671. The van der Waals surface area contributed by atoms with E-state index >= 15 is 0 Å². The molecule has 0 aliphatic carbocycles. The van der Waals surface area contributed by atoms with E-state index in [4.69, 9.17) is 0 Å². The summed E-state index contributed by atoms with van der Waals surface area (Å²) in [5.74, 6) is -0.193. The number of anilines is 1. The second-order valence-electron chi connectivity index (χ2n) is 8.11. The van der Waals surface area contributed by atoms with E-state index in [1.165, 1.54) is 6.07 Å². The van der Waals surface area contributed by atoms with E-state index < -0.39 is 10.0 Å². The average Bonchev–Trinajstić information content (AvgIpc) is 2.78. The van der Waals surface area contributed by atoms with Crippen LogP contribution in [0.1, 0.15) is 48.5 Å². The Hall–Kier alpha value is -2.87. The van der Waals surface area contributed by atoms with Gasteiger partial charge in [-0.15, -0.1) is 0 Å². The molecule has 2 aromatic rings. The van der Waals surface area contributed by atoms with Crippen molar-refractivity contribution in [3.05, 3.63) is 59.7 Å². The smallest absolute Gasteiger partial charge is 0.261 e. The van der Waals surface area contributed by atoms with Gasteiger partial charge in [-0.3, -0.25) is 14.3 Å². The highest BCUT2D eigenvalue weighted by atomic mass is 32.2. The number of hydrogen-bond acceptors (Lipinski definition) is 4. The molecule has 1 heterocycles. The summed E-state index contributed by atoms with van der Waals surface area (Å²) < 4.78 is 28.1. The van der Waals surface area contributed by atoms with Crippen molar-refractivity contribution in [3.63, 3.8) is 0 Å². The van der Waals surface area contributed by atoms with E-state index in [1.54, 1.807) is 54.4 Å². The zero-order valence-electron chi connectivity index (χ0n) is 18.1. The number of sulfonamides is 1. The van der Waals surface area contributed by atoms with Gasteiger partial charge in [0.15, 0.2) is 0 Å². The van der Waals surface area contributed by atoms with Gasteiger partial charge < -0.3 is 10.2 Å². The van der Waals surface area contributed by atoms with Gasteiger partial charge in [0.25, 0.3) is 15.9 Å². The van der Waals surface area contributed by atoms with Crippen molar-refractivity contribution in [1.82, 2.24) is 10.2 Å². The van der Waals surface area contributed by atoms with Gasteiger partial charge in [0, 0.05) is 31.4 Å². The van der Waals surface area contributed by atoms with Crippen LogP contribution in [0.25, 0.3) is 0 Å². The van der Waals surface area contributed by atoms with Crippen molar-refractivity contribution in [1.29, 1.82) is 0 Å². The van der Waals surface area contributed by atoms with Gasteiger partial charge in [-0.05, 0) is 54.7 Å². The van der Waals surface area contributed by atoms with Crippen molar-refractivity contribution in [2.45, 2.75) is 37.5 Å². The molecule has 166 valence electrons. The molecular formula is C23H29N3O4S. The Labute approximate surface area is 183 Å². The van der Waals surface area contributed by atoms with Crippen LogP contribution in [0.2, 0.25) is 0 Å². The highest BCUT2D eigenvalue weighted by Crippen LogP contribution is 2.23. The van der Waals surface area contributed by atoms with Gasteiger partial charge in [0.2, 0.25) is 5.91 Å². The van der Waals surface area contributed by atoms with Crippen LogP contribution in [0.3, 0.4) is 0 Å². The molecule has 0 saturated carbocycles. The third kappa shape index (κ3) is 5.44. The van der Waals surface area contributed by atoms with Crippen LogP contribution in [0, 0.1) is 5.92 Å². The summed E-state index contributed by atoms with van der Waals surface area (Å²) in [6.07, 6.45) is 1.50. The maximum absolute atomic E-state index is 13.0. The van der Waals surface area contributed by atoms with Gasteiger partial charge in [-0.2, -0.15) is 0 Å². The van der Waals surface area contributed by atoms with E-state index in [0.29, 0.717) is 30.3 Å². The summed E-state index contributed by atoms with van der Waals surface area (Å²) in [6, 6.07) is 13.2. The average molecular weight is 444 g/mol. The van der Waals surface area contributed by atoms with Gasteiger partial charge in [-0.25, -0.2) is 8.42 Å². The normalized spacial score (nSPS) is 16.8. The monoisotopic (exact) mass is 443 g/mol. The molecule has 1 fully saturated rings. The molecule has 3 rings (SSSR count). The molecule has 2 N–H and O–H groups in total. The fraction of sp³-hybridized carbons (Fsp3) is 0.391. The summed E-state index contributed by atoms with van der Waals surface area (Å²) in [5, 5.41) is 2.64. The Bertz CT molecular complexity index is 1050. The quantitative estimate of drug-likeness (QED) is 0.717. The topological polar surface area (TPSA) is 95.6 Å². The summed E-state index contributed by atoms with van der Waals surface area (Å²) in [6.45, 7) is 5.02. The first-order valence-corrected chi connectivity index (χ1v) is 11.9. The summed E-state index contributed by atoms with van der Waals surface area (Å²) in [7, 11) is -2.18. The number of rotatable bonds is 6. The first-order valence-electron chi connectivity index (χ1n) is 10.4. The summed E-state index contributed by atoms with van der Waals surface area (Å²) in [4.78, 5) is 26.7. The number of piperidine rings is 1. The highest BCUT2D eigenvalue weighted by molar-refractivity contribution is 7.92. The second-order valence-corrected chi connectivity index (χ2v) is 9.80. The Morgan fingerprint density at radius 1 is 1.10 bits per heavy atom. The molecule has 8 heteroatoms. The van der Waals surface area contributed by atoms with E-state index in [9.17, 15) is 18.0 Å². The van der Waals surface area contributed by atoms with Crippen LogP contribution in [0.4, 0.5) is 5.69 Å². The van der Waals surface area contributed by atoms with Crippen LogP contribution < -0.4 is 10.0 Å². The molecule has 1 aliphatic rings. The van der Waals surface area contributed by atoms with Crippen LogP contribution in [0.15, 0.2) is 53.4 Å². The molecule has 1 saturated heterocycles. The molecule has 2 aromatic carbocycles. The molecule has 7 nitrogen and oxygen atoms in total. The summed E-state index contributed by atoms with van der Waals surface area (Å²) in [5.41, 5.74) is 1.76. The SMILES string of the molecule is CNC(=O)C1CCCN(C(=O)c2cccc(NS(=O)(=O)c3ccc(C(C)C)cc3)c2)C1. The Morgan fingerprint density at radius 2 is 1.81 bits per heavy atom. The third-order valence-corrected chi connectivity index (χ3v) is 6.94. The van der Waals surface area contributed by atoms with Gasteiger partial charge in [0.05, 0.1) is 10.8 Å². The number of nitrogens with one attached hydrogen (secondary N) is 2. The molecule has 0 aromatic heterocycles. The Balaban J connectivity index is 1.75. The predicted octanol–water partition coefficient (Wildman–Crippen LogP) is 3.21. The largest absolute Gasteiger partial charge is 0.359 e. The van der Waals surface area contributed by atoms with Crippen LogP contribution in [0.5, 0.6) is 0 Å². The molecule has 1 aliphatic heterocycles. The van der Waals surface area contributed by atoms with E-state index in [2.05, 4.69) is 10.0 Å². The first-order chi connectivity index (χ1) is 14.7. The lowest BCUT2D eigenvalue weighted by Gasteiger charge is -2.32. The molecule has 0 radical (unpaired) electrons. The molecule has 0 spiro atoms. The number of benzene rings is 2. The van der Waals surface area contributed by atoms with Gasteiger partial charge >= 0.3 is 0 Å². The van der Waals surface area contributed by atoms with Crippen LogP contribution in [-0.2, 0) is 14.8 Å². The highest BCUT2D eigenvalue weighted by Gasteiger charge is 2.28. The zero-order valence-corrected chi connectivity index (χ0v) is 18.9. The number of carbonyl (C=O) groups excluding carboxylic acids is 2. The fourth-order valence-electron chi connectivity index (χ4n) is 3.72. The number of hydrogen-bond donors (Lipinski definition) is 2. The molecule has 2 amide bonds. The number of carbonyl (C=O) groups is 2. The van der Waals surface area contributed by atoms with Crippen LogP contribution in [-0.4, -0.2) is 45.3 Å². The second kappa shape index (κ2) is 9.51. The third-order valence-electron chi connectivity index (χ3n) is 5.54. The van der Waals surface area contributed by atoms with Crippen molar-refractivity contribution in [3.8, 4) is 0 Å². The Morgan fingerprint density at radius 3 is 2.45 bits per heavy atom. The number of nitrogens with zero attached hydrogens (tertiary/aromatic N) is 1. The van der Waals surface area contributed by atoms with Crippen molar-refractivity contribution >= 4 is 27.5 Å². The summed E-state index contributed by atoms with van der Waals surface area (Å²) >= 11 is 0. The lowest BCUT2D eigenvalue weighted by atomic mass is 9.96. The number of amides is 2. The molecule has 31 heavy (non-hydrogen) atoms. The van der Waals surface area contributed by atoms with Gasteiger partial charge in [-0.1, -0.05) is 32.0 Å².